The minimum absolute atomic E-state index is 0.141. The second-order valence-corrected chi connectivity index (χ2v) is 10.6. The van der Waals surface area contributed by atoms with Crippen LogP contribution in [0.1, 0.15) is 20.8 Å². The molecule has 10 heteroatoms. The van der Waals surface area contributed by atoms with Gasteiger partial charge in [0.05, 0.1) is 10.6 Å². The summed E-state index contributed by atoms with van der Waals surface area (Å²) < 4.78 is 34.9. The molecule has 31 heavy (non-hydrogen) atoms. The molecule has 0 amide bonds. The highest BCUT2D eigenvalue weighted by atomic mass is 79.9. The minimum atomic E-state index is -3.89. The van der Waals surface area contributed by atoms with Gasteiger partial charge in [-0.15, -0.1) is 0 Å². The standard InChI is InChI=1S/C21H19BrN4O4S/c1-21(2,3)30-20(27)25-12-18(24-13-25)17-11-26(19-16(17)9-14(22)10-23-19)31(28,29)15-7-5-4-6-8-15/h4-13H,1-3H3. The summed E-state index contributed by atoms with van der Waals surface area (Å²) in [6.45, 7) is 5.32. The number of carbonyl (C=O) groups excluding carboxylic acids is 1. The van der Waals surface area contributed by atoms with Gasteiger partial charge in [-0.25, -0.2) is 31.7 Å². The van der Waals surface area contributed by atoms with Crippen molar-refractivity contribution in [2.75, 3.05) is 0 Å². The fourth-order valence-electron chi connectivity index (χ4n) is 3.02. The second kappa shape index (κ2) is 7.61. The van der Waals surface area contributed by atoms with E-state index in [-0.39, 0.29) is 10.5 Å². The van der Waals surface area contributed by atoms with Crippen LogP contribution in [0.2, 0.25) is 0 Å². The molecule has 0 N–H and O–H groups in total. The van der Waals surface area contributed by atoms with Crippen molar-refractivity contribution >= 4 is 43.1 Å². The Morgan fingerprint density at radius 2 is 1.81 bits per heavy atom. The third kappa shape index (κ3) is 4.13. The van der Waals surface area contributed by atoms with Crippen LogP contribution in [0.5, 0.6) is 0 Å². The first kappa shape index (κ1) is 21.3. The lowest BCUT2D eigenvalue weighted by molar-refractivity contribution is 0.0536. The van der Waals surface area contributed by atoms with E-state index in [0.717, 1.165) is 3.97 Å². The summed E-state index contributed by atoms with van der Waals surface area (Å²) in [4.78, 5) is 21.1. The number of halogens is 1. The Bertz CT molecular complexity index is 1390. The van der Waals surface area contributed by atoms with E-state index in [1.165, 1.54) is 41.6 Å². The van der Waals surface area contributed by atoms with E-state index in [2.05, 4.69) is 25.9 Å². The van der Waals surface area contributed by atoms with Crippen LogP contribution >= 0.6 is 15.9 Å². The molecule has 0 aliphatic rings. The molecule has 0 radical (unpaired) electrons. The molecule has 0 spiro atoms. The molecule has 0 fully saturated rings. The Balaban J connectivity index is 1.86. The van der Waals surface area contributed by atoms with E-state index in [4.69, 9.17) is 4.74 Å². The van der Waals surface area contributed by atoms with Crippen LogP contribution < -0.4 is 0 Å². The predicted octanol–water partition coefficient (Wildman–Crippen LogP) is 4.68. The van der Waals surface area contributed by atoms with Gasteiger partial charge in [-0.3, -0.25) is 0 Å². The zero-order valence-corrected chi connectivity index (χ0v) is 19.4. The van der Waals surface area contributed by atoms with Crippen molar-refractivity contribution in [3.8, 4) is 11.3 Å². The van der Waals surface area contributed by atoms with Crippen molar-refractivity contribution in [3.63, 3.8) is 0 Å². The molecule has 0 saturated heterocycles. The first-order valence-corrected chi connectivity index (χ1v) is 11.5. The van der Waals surface area contributed by atoms with Crippen molar-refractivity contribution in [2.24, 2.45) is 0 Å². The quantitative estimate of drug-likeness (QED) is 0.403. The van der Waals surface area contributed by atoms with Crippen LogP contribution in [-0.4, -0.2) is 38.6 Å². The van der Waals surface area contributed by atoms with Gasteiger partial charge in [0.1, 0.15) is 11.9 Å². The molecule has 3 heterocycles. The first-order valence-electron chi connectivity index (χ1n) is 9.31. The summed E-state index contributed by atoms with van der Waals surface area (Å²) in [5.74, 6) is 0. The Morgan fingerprint density at radius 1 is 1.10 bits per heavy atom. The summed E-state index contributed by atoms with van der Waals surface area (Å²) in [5, 5.41) is 0.573. The van der Waals surface area contributed by atoms with Gasteiger partial charge in [-0.2, -0.15) is 0 Å². The summed E-state index contributed by atoms with van der Waals surface area (Å²) in [6.07, 6.45) is 5.26. The van der Waals surface area contributed by atoms with Crippen LogP contribution in [0.15, 0.2) is 70.7 Å². The van der Waals surface area contributed by atoms with Crippen LogP contribution in [0.3, 0.4) is 0 Å². The number of hydrogen-bond donors (Lipinski definition) is 0. The molecule has 0 atom stereocenters. The number of aromatic nitrogens is 4. The maximum absolute atomic E-state index is 13.3. The number of benzene rings is 1. The van der Waals surface area contributed by atoms with Crippen molar-refractivity contribution in [1.82, 2.24) is 18.5 Å². The summed E-state index contributed by atoms with van der Waals surface area (Å²) >= 11 is 3.38. The van der Waals surface area contributed by atoms with E-state index in [1.54, 1.807) is 45.0 Å². The summed E-state index contributed by atoms with van der Waals surface area (Å²) in [6, 6.07) is 9.88. The third-order valence-corrected chi connectivity index (χ3v) is 6.44. The SMILES string of the molecule is CC(C)(C)OC(=O)n1cnc(-c2cn(S(=O)(=O)c3ccccc3)c3ncc(Br)cc23)c1. The number of carbonyl (C=O) groups is 1. The first-order chi connectivity index (χ1) is 14.6. The fourth-order valence-corrected chi connectivity index (χ4v) is 4.70. The van der Waals surface area contributed by atoms with Gasteiger partial charge in [0.2, 0.25) is 0 Å². The van der Waals surface area contributed by atoms with Crippen molar-refractivity contribution in [3.05, 3.63) is 65.8 Å². The molecule has 0 aliphatic carbocycles. The highest BCUT2D eigenvalue weighted by Gasteiger charge is 2.24. The number of fused-ring (bicyclic) bond motifs is 1. The highest BCUT2D eigenvalue weighted by Crippen LogP contribution is 2.32. The average Bonchev–Trinajstić information content (AvgIpc) is 3.32. The normalized spacial score (nSPS) is 12.3. The number of rotatable bonds is 3. The molecule has 3 aromatic heterocycles. The maximum Gasteiger partial charge on any atom is 0.419 e. The Hall–Kier alpha value is -2.98. The van der Waals surface area contributed by atoms with Gasteiger partial charge in [-0.1, -0.05) is 18.2 Å². The minimum Gasteiger partial charge on any atom is -0.443 e. The van der Waals surface area contributed by atoms with Crippen LogP contribution in [0.4, 0.5) is 4.79 Å². The highest BCUT2D eigenvalue weighted by molar-refractivity contribution is 9.10. The van der Waals surface area contributed by atoms with Gasteiger partial charge in [0.25, 0.3) is 10.0 Å². The van der Waals surface area contributed by atoms with E-state index in [0.29, 0.717) is 21.1 Å². The van der Waals surface area contributed by atoms with Gasteiger partial charge in [0, 0.05) is 34.0 Å². The van der Waals surface area contributed by atoms with E-state index < -0.39 is 21.7 Å². The molecular formula is C21H19BrN4O4S. The number of pyridine rings is 1. The molecule has 8 nitrogen and oxygen atoms in total. The molecule has 4 rings (SSSR count). The fraction of sp³-hybridized carbons (Fsp3) is 0.190. The average molecular weight is 503 g/mol. The molecule has 4 aromatic rings. The molecule has 0 aliphatic heterocycles. The lowest BCUT2D eigenvalue weighted by Crippen LogP contribution is -2.26. The zero-order chi connectivity index (χ0) is 22.4. The van der Waals surface area contributed by atoms with Gasteiger partial charge in [-0.05, 0) is 54.9 Å². The Morgan fingerprint density at radius 3 is 2.48 bits per heavy atom. The molecule has 0 saturated carbocycles. The number of ether oxygens (including phenoxy) is 1. The zero-order valence-electron chi connectivity index (χ0n) is 17.0. The molecule has 0 bridgehead atoms. The van der Waals surface area contributed by atoms with Gasteiger partial charge >= 0.3 is 6.09 Å². The molecular weight excluding hydrogens is 484 g/mol. The third-order valence-electron chi connectivity index (χ3n) is 4.34. The smallest absolute Gasteiger partial charge is 0.419 e. The van der Waals surface area contributed by atoms with Crippen LogP contribution in [0, 0.1) is 0 Å². The maximum atomic E-state index is 13.3. The van der Waals surface area contributed by atoms with E-state index in [9.17, 15) is 13.2 Å². The van der Waals surface area contributed by atoms with Gasteiger partial charge in [0.15, 0.2) is 5.65 Å². The van der Waals surface area contributed by atoms with E-state index in [1.807, 2.05) is 0 Å². The summed E-state index contributed by atoms with van der Waals surface area (Å²) in [7, 11) is -3.89. The van der Waals surface area contributed by atoms with Crippen molar-refractivity contribution in [1.29, 1.82) is 0 Å². The van der Waals surface area contributed by atoms with Crippen molar-refractivity contribution < 1.29 is 17.9 Å². The monoisotopic (exact) mass is 502 g/mol. The second-order valence-electron chi connectivity index (χ2n) is 7.83. The lowest BCUT2D eigenvalue weighted by atomic mass is 10.2. The Kier molecular flexibility index (Phi) is 5.22. The molecule has 1 aromatic carbocycles. The topological polar surface area (TPSA) is 96.1 Å². The molecule has 160 valence electrons. The van der Waals surface area contributed by atoms with E-state index >= 15 is 0 Å². The predicted molar refractivity (Wildman–Crippen MR) is 119 cm³/mol. The lowest BCUT2D eigenvalue weighted by Gasteiger charge is -2.19. The molecule has 0 unspecified atom stereocenters. The summed E-state index contributed by atoms with van der Waals surface area (Å²) in [5.41, 5.74) is 0.535. The van der Waals surface area contributed by atoms with Crippen LogP contribution in [-0.2, 0) is 14.8 Å². The Labute approximate surface area is 187 Å². The van der Waals surface area contributed by atoms with Crippen molar-refractivity contribution in [2.45, 2.75) is 31.3 Å². The van der Waals surface area contributed by atoms with Crippen LogP contribution in [0.25, 0.3) is 22.3 Å². The largest absolute Gasteiger partial charge is 0.443 e. The number of imidazole rings is 1. The van der Waals surface area contributed by atoms with Gasteiger partial charge < -0.3 is 4.74 Å². The number of nitrogens with zero attached hydrogens (tertiary/aromatic N) is 4. The number of hydrogen-bond acceptors (Lipinski definition) is 6.